The van der Waals surface area contributed by atoms with Crippen LogP contribution in [0.1, 0.15) is 20.3 Å². The largest absolute Gasteiger partial charge is 0.481 e. The predicted octanol–water partition coefficient (Wildman–Crippen LogP) is 2.81. The molecule has 0 bridgehead atoms. The van der Waals surface area contributed by atoms with Crippen LogP contribution in [-0.2, 0) is 4.79 Å². The van der Waals surface area contributed by atoms with E-state index in [1.54, 1.807) is 0 Å². The van der Waals surface area contributed by atoms with E-state index in [0.717, 1.165) is 0 Å². The normalized spacial score (nSPS) is 31.0. The lowest BCUT2D eigenvalue weighted by molar-refractivity contribution is -0.142. The molecule has 2 nitrogen and oxygen atoms in total. The summed E-state index contributed by atoms with van der Waals surface area (Å²) in [6.07, 6.45) is 2.01. The first-order chi connectivity index (χ1) is 5.32. The first-order valence-electron chi connectivity index (χ1n) is 3.59. The van der Waals surface area contributed by atoms with Crippen molar-refractivity contribution in [2.75, 3.05) is 0 Å². The molecule has 0 aromatic carbocycles. The van der Waals surface area contributed by atoms with Gasteiger partial charge in [-0.1, -0.05) is 37.0 Å². The summed E-state index contributed by atoms with van der Waals surface area (Å²) in [7, 11) is 0. The Morgan fingerprint density at radius 3 is 2.00 bits per heavy atom. The van der Waals surface area contributed by atoms with Crippen LogP contribution in [0.2, 0.25) is 0 Å². The van der Waals surface area contributed by atoms with Crippen LogP contribution in [0.25, 0.3) is 0 Å². The Morgan fingerprint density at radius 1 is 1.50 bits per heavy atom. The van der Waals surface area contributed by atoms with E-state index in [4.69, 9.17) is 28.3 Å². The smallest absolute Gasteiger partial charge is 0.314 e. The third kappa shape index (κ3) is 1.34. The summed E-state index contributed by atoms with van der Waals surface area (Å²) in [5.41, 5.74) is -1.07. The molecule has 12 heavy (non-hydrogen) atoms. The molecular weight excluding hydrogens is 199 g/mol. The minimum atomic E-state index is -0.855. The van der Waals surface area contributed by atoms with Gasteiger partial charge in [-0.05, 0) is 17.9 Å². The number of halogens is 2. The Bertz CT molecular complexity index is 254. The van der Waals surface area contributed by atoms with Crippen LogP contribution in [-0.4, -0.2) is 11.1 Å². The van der Waals surface area contributed by atoms with Gasteiger partial charge in [0.1, 0.15) is 4.49 Å². The van der Waals surface area contributed by atoms with Crippen molar-refractivity contribution in [1.29, 1.82) is 0 Å². The van der Waals surface area contributed by atoms with Gasteiger partial charge in [0.05, 0.1) is 5.41 Å². The molecule has 1 saturated carbocycles. The minimum Gasteiger partial charge on any atom is -0.481 e. The van der Waals surface area contributed by atoms with Gasteiger partial charge in [0.25, 0.3) is 0 Å². The fourth-order valence-electron chi connectivity index (χ4n) is 1.51. The van der Waals surface area contributed by atoms with E-state index >= 15 is 0 Å². The van der Waals surface area contributed by atoms with Crippen LogP contribution in [0.3, 0.4) is 0 Å². The lowest BCUT2D eigenvalue weighted by Crippen LogP contribution is -2.18. The second kappa shape index (κ2) is 2.64. The van der Waals surface area contributed by atoms with Crippen LogP contribution in [0.15, 0.2) is 10.6 Å². The number of carboxylic acids is 1. The predicted molar refractivity (Wildman–Crippen MR) is 48.3 cm³/mol. The average molecular weight is 209 g/mol. The maximum atomic E-state index is 10.9. The maximum Gasteiger partial charge on any atom is 0.314 e. The van der Waals surface area contributed by atoms with Crippen molar-refractivity contribution < 1.29 is 9.90 Å². The van der Waals surface area contributed by atoms with Crippen LogP contribution >= 0.6 is 23.2 Å². The number of carbonyl (C=O) groups is 1. The molecule has 1 rings (SSSR count). The van der Waals surface area contributed by atoms with Gasteiger partial charge in [-0.15, -0.1) is 0 Å². The maximum absolute atomic E-state index is 10.9. The molecule has 0 aromatic rings. The lowest BCUT2D eigenvalue weighted by atomic mass is 9.96. The van der Waals surface area contributed by atoms with Crippen molar-refractivity contribution in [1.82, 2.24) is 0 Å². The van der Waals surface area contributed by atoms with Gasteiger partial charge in [0.15, 0.2) is 0 Å². The van der Waals surface area contributed by atoms with E-state index in [-0.39, 0.29) is 9.91 Å². The molecule has 0 radical (unpaired) electrons. The highest BCUT2D eigenvalue weighted by Crippen LogP contribution is 2.65. The van der Waals surface area contributed by atoms with Gasteiger partial charge in [0, 0.05) is 0 Å². The van der Waals surface area contributed by atoms with Gasteiger partial charge >= 0.3 is 5.97 Å². The first-order valence-corrected chi connectivity index (χ1v) is 4.35. The number of carboxylic acid groups (broad SMARTS) is 1. The molecule has 0 spiro atoms. The number of rotatable bonds is 2. The van der Waals surface area contributed by atoms with Gasteiger partial charge in [-0.25, -0.2) is 0 Å². The van der Waals surface area contributed by atoms with Crippen molar-refractivity contribution in [2.45, 2.75) is 20.3 Å². The van der Waals surface area contributed by atoms with Gasteiger partial charge in [0.2, 0.25) is 0 Å². The Morgan fingerprint density at radius 2 is 1.92 bits per heavy atom. The highest BCUT2D eigenvalue weighted by molar-refractivity contribution is 6.56. The van der Waals surface area contributed by atoms with E-state index < -0.39 is 11.4 Å². The van der Waals surface area contributed by atoms with Crippen molar-refractivity contribution in [3.8, 4) is 0 Å². The summed E-state index contributed by atoms with van der Waals surface area (Å²) in [5, 5.41) is 8.93. The SMILES string of the molecule is CC1(C)CC1(C=C(Cl)Cl)C(=O)O. The van der Waals surface area contributed by atoms with E-state index in [2.05, 4.69) is 0 Å². The summed E-state index contributed by atoms with van der Waals surface area (Å²) >= 11 is 10.9. The summed E-state index contributed by atoms with van der Waals surface area (Å²) in [6.45, 7) is 3.77. The van der Waals surface area contributed by atoms with Gasteiger partial charge in [-0.2, -0.15) is 0 Å². The molecule has 1 atom stereocenters. The quantitative estimate of drug-likeness (QED) is 0.759. The number of hydrogen-bond acceptors (Lipinski definition) is 1. The summed E-state index contributed by atoms with van der Waals surface area (Å²) in [5.74, 6) is -0.855. The summed E-state index contributed by atoms with van der Waals surface area (Å²) in [4.78, 5) is 10.9. The number of aliphatic carboxylic acids is 1. The Labute approximate surface area is 81.2 Å². The van der Waals surface area contributed by atoms with Crippen molar-refractivity contribution in [2.24, 2.45) is 10.8 Å². The van der Waals surface area contributed by atoms with E-state index in [0.29, 0.717) is 6.42 Å². The molecule has 68 valence electrons. The number of hydrogen-bond donors (Lipinski definition) is 1. The summed E-state index contributed by atoms with van der Waals surface area (Å²) < 4.78 is 0.0305. The molecule has 1 fully saturated rings. The molecule has 4 heteroatoms. The standard InChI is InChI=1S/C8H10Cl2O2/c1-7(2)4-8(7,6(11)12)3-5(9)10/h3H,4H2,1-2H3,(H,11,12). The Balaban J connectivity index is 2.95. The third-order valence-corrected chi connectivity index (χ3v) is 2.76. The third-order valence-electron chi connectivity index (χ3n) is 2.54. The molecule has 0 heterocycles. The zero-order chi connectivity index (χ0) is 9.57. The molecule has 0 aromatic heterocycles. The molecule has 0 saturated heterocycles. The van der Waals surface area contributed by atoms with Crippen molar-refractivity contribution >= 4 is 29.2 Å². The Kier molecular flexibility index (Phi) is 2.17. The average Bonchev–Trinajstić information content (AvgIpc) is 2.33. The highest BCUT2D eigenvalue weighted by Gasteiger charge is 2.65. The molecule has 1 aliphatic rings. The van der Waals surface area contributed by atoms with E-state index in [1.807, 2.05) is 13.8 Å². The molecule has 1 N–H and O–H groups in total. The molecule has 0 aliphatic heterocycles. The fraction of sp³-hybridized carbons (Fsp3) is 0.625. The fourth-order valence-corrected chi connectivity index (χ4v) is 1.88. The van der Waals surface area contributed by atoms with Crippen LogP contribution in [0.5, 0.6) is 0 Å². The van der Waals surface area contributed by atoms with Crippen LogP contribution in [0.4, 0.5) is 0 Å². The highest BCUT2D eigenvalue weighted by atomic mass is 35.5. The molecule has 1 aliphatic carbocycles. The van der Waals surface area contributed by atoms with E-state index in [9.17, 15) is 4.79 Å². The second-order valence-corrected chi connectivity index (χ2v) is 4.78. The molecule has 0 amide bonds. The van der Waals surface area contributed by atoms with Crippen molar-refractivity contribution in [3.63, 3.8) is 0 Å². The van der Waals surface area contributed by atoms with Gasteiger partial charge in [-0.3, -0.25) is 4.79 Å². The molecular formula is C8H10Cl2O2. The topological polar surface area (TPSA) is 37.3 Å². The van der Waals surface area contributed by atoms with Crippen molar-refractivity contribution in [3.05, 3.63) is 10.6 Å². The minimum absolute atomic E-state index is 0.0305. The monoisotopic (exact) mass is 208 g/mol. The zero-order valence-corrected chi connectivity index (χ0v) is 8.41. The molecule has 1 unspecified atom stereocenters. The Hall–Kier alpha value is -0.210. The summed E-state index contributed by atoms with van der Waals surface area (Å²) in [6, 6.07) is 0. The first kappa shape index (κ1) is 9.87. The van der Waals surface area contributed by atoms with Crippen LogP contribution < -0.4 is 0 Å². The van der Waals surface area contributed by atoms with Crippen LogP contribution in [0, 0.1) is 10.8 Å². The van der Waals surface area contributed by atoms with E-state index in [1.165, 1.54) is 6.08 Å². The zero-order valence-electron chi connectivity index (χ0n) is 6.90. The lowest BCUT2D eigenvalue weighted by Gasteiger charge is -2.09. The second-order valence-electron chi connectivity index (χ2n) is 3.77. The van der Waals surface area contributed by atoms with Gasteiger partial charge < -0.3 is 5.11 Å².